The van der Waals surface area contributed by atoms with E-state index in [-0.39, 0.29) is 27.9 Å². The molecule has 0 bridgehead atoms. The van der Waals surface area contributed by atoms with Crippen LogP contribution in [0.5, 0.6) is 5.75 Å². The summed E-state index contributed by atoms with van der Waals surface area (Å²) in [5.74, 6) is -0.816. The fraction of sp³-hybridized carbons (Fsp3) is 0.350. The smallest absolute Gasteiger partial charge is 0.255 e. The predicted octanol–water partition coefficient (Wildman–Crippen LogP) is 3.62. The zero-order valence-electron chi connectivity index (χ0n) is 15.8. The Morgan fingerprint density at radius 3 is 2.50 bits per heavy atom. The summed E-state index contributed by atoms with van der Waals surface area (Å²) in [6, 6.07) is 8.43. The molecule has 2 aromatic rings. The van der Waals surface area contributed by atoms with Crippen LogP contribution in [-0.2, 0) is 10.0 Å². The third kappa shape index (κ3) is 4.51. The largest absolute Gasteiger partial charge is 0.495 e. The van der Waals surface area contributed by atoms with Crippen molar-refractivity contribution in [2.75, 3.05) is 12.4 Å². The van der Waals surface area contributed by atoms with E-state index >= 15 is 0 Å². The van der Waals surface area contributed by atoms with Crippen molar-refractivity contribution >= 4 is 21.6 Å². The van der Waals surface area contributed by atoms with Gasteiger partial charge in [0.1, 0.15) is 16.5 Å². The lowest BCUT2D eigenvalue weighted by atomic mass is 10.2. The zero-order valence-corrected chi connectivity index (χ0v) is 16.6. The molecule has 1 aliphatic rings. The Labute approximate surface area is 164 Å². The second-order valence-corrected chi connectivity index (χ2v) is 8.57. The number of hydrogen-bond donors (Lipinski definition) is 2. The molecule has 1 fully saturated rings. The van der Waals surface area contributed by atoms with Gasteiger partial charge in [-0.05, 0) is 55.7 Å². The van der Waals surface area contributed by atoms with Gasteiger partial charge in [-0.1, -0.05) is 18.9 Å². The number of ether oxygens (including phenoxy) is 1. The molecule has 2 N–H and O–H groups in total. The highest BCUT2D eigenvalue weighted by Crippen LogP contribution is 2.27. The van der Waals surface area contributed by atoms with Crippen molar-refractivity contribution in [2.45, 2.75) is 43.5 Å². The van der Waals surface area contributed by atoms with Crippen LogP contribution in [0.2, 0.25) is 0 Å². The lowest BCUT2D eigenvalue weighted by Gasteiger charge is -2.16. The number of methoxy groups -OCH3 is 1. The third-order valence-electron chi connectivity index (χ3n) is 4.82. The highest BCUT2D eigenvalue weighted by Gasteiger charge is 2.26. The predicted molar refractivity (Wildman–Crippen MR) is 105 cm³/mol. The number of carbonyl (C=O) groups is 1. The van der Waals surface area contributed by atoms with E-state index in [9.17, 15) is 17.6 Å². The fourth-order valence-electron chi connectivity index (χ4n) is 3.23. The molecule has 1 saturated carbocycles. The molecule has 150 valence electrons. The number of hydrogen-bond acceptors (Lipinski definition) is 4. The number of nitrogens with one attached hydrogen (secondary N) is 2. The summed E-state index contributed by atoms with van der Waals surface area (Å²) < 4.78 is 47.2. The van der Waals surface area contributed by atoms with Gasteiger partial charge in [0.25, 0.3) is 5.91 Å². The maximum absolute atomic E-state index is 13.7. The van der Waals surface area contributed by atoms with E-state index in [1.807, 2.05) is 0 Å². The van der Waals surface area contributed by atoms with E-state index in [0.29, 0.717) is 5.56 Å². The van der Waals surface area contributed by atoms with Crippen molar-refractivity contribution in [2.24, 2.45) is 0 Å². The molecule has 0 radical (unpaired) electrons. The Balaban J connectivity index is 1.86. The van der Waals surface area contributed by atoms with Crippen LogP contribution in [0.1, 0.15) is 41.6 Å². The summed E-state index contributed by atoms with van der Waals surface area (Å²) >= 11 is 0. The van der Waals surface area contributed by atoms with Gasteiger partial charge in [-0.3, -0.25) is 4.79 Å². The molecule has 2 aromatic carbocycles. The van der Waals surface area contributed by atoms with Crippen molar-refractivity contribution in [1.29, 1.82) is 0 Å². The Hall–Kier alpha value is -2.45. The van der Waals surface area contributed by atoms with E-state index in [1.165, 1.54) is 31.4 Å². The van der Waals surface area contributed by atoms with Crippen molar-refractivity contribution in [3.8, 4) is 5.75 Å². The number of sulfonamides is 1. The number of anilines is 1. The van der Waals surface area contributed by atoms with Gasteiger partial charge in [0.05, 0.1) is 7.11 Å². The molecule has 0 aliphatic heterocycles. The van der Waals surface area contributed by atoms with Crippen LogP contribution in [0.3, 0.4) is 0 Å². The Kier molecular flexibility index (Phi) is 6.00. The number of carbonyl (C=O) groups excluding carboxylic acids is 1. The summed E-state index contributed by atoms with van der Waals surface area (Å²) in [6.07, 6.45) is 3.56. The molecule has 3 rings (SSSR count). The first-order valence-electron chi connectivity index (χ1n) is 9.08. The Morgan fingerprint density at radius 1 is 1.14 bits per heavy atom. The normalized spacial score (nSPS) is 14.8. The highest BCUT2D eigenvalue weighted by atomic mass is 32.2. The Bertz CT molecular complexity index is 986. The summed E-state index contributed by atoms with van der Waals surface area (Å²) in [5.41, 5.74) is 0.889. The monoisotopic (exact) mass is 406 g/mol. The van der Waals surface area contributed by atoms with E-state index in [2.05, 4.69) is 10.0 Å². The van der Waals surface area contributed by atoms with Crippen LogP contribution in [0, 0.1) is 12.7 Å². The first kappa shape index (κ1) is 20.3. The van der Waals surface area contributed by atoms with Crippen molar-refractivity contribution in [3.05, 3.63) is 53.3 Å². The maximum Gasteiger partial charge on any atom is 0.255 e. The van der Waals surface area contributed by atoms with Crippen LogP contribution in [0.25, 0.3) is 0 Å². The highest BCUT2D eigenvalue weighted by molar-refractivity contribution is 7.89. The molecule has 1 aliphatic carbocycles. The van der Waals surface area contributed by atoms with E-state index < -0.39 is 21.7 Å². The summed E-state index contributed by atoms with van der Waals surface area (Å²) in [5, 5.41) is 2.58. The van der Waals surface area contributed by atoms with Crippen molar-refractivity contribution in [3.63, 3.8) is 0 Å². The Morgan fingerprint density at radius 2 is 1.86 bits per heavy atom. The minimum absolute atomic E-state index is 0.0929. The molecule has 0 unspecified atom stereocenters. The number of amides is 1. The standard InChI is InChI=1S/C20H23FN2O4S/c1-13-7-9-16(12-17(13)21)22-20(24)14-8-10-18(27-2)19(11-14)28(25,26)23-15-5-3-4-6-15/h7-12,15,23H,3-6H2,1-2H3,(H,22,24). The topological polar surface area (TPSA) is 84.5 Å². The van der Waals surface area contributed by atoms with Crippen LogP contribution in [-0.4, -0.2) is 27.5 Å². The first-order valence-corrected chi connectivity index (χ1v) is 10.6. The van der Waals surface area contributed by atoms with Crippen LogP contribution in [0.4, 0.5) is 10.1 Å². The van der Waals surface area contributed by atoms with Crippen molar-refractivity contribution < 1.29 is 22.3 Å². The quantitative estimate of drug-likeness (QED) is 0.767. The molecule has 0 spiro atoms. The average Bonchev–Trinajstić information content (AvgIpc) is 3.16. The number of benzene rings is 2. The number of rotatable bonds is 6. The average molecular weight is 406 g/mol. The second kappa shape index (κ2) is 8.28. The summed E-state index contributed by atoms with van der Waals surface area (Å²) in [6.45, 7) is 1.62. The molecule has 0 atom stereocenters. The van der Waals surface area contributed by atoms with Gasteiger partial charge in [0.2, 0.25) is 10.0 Å². The van der Waals surface area contributed by atoms with E-state index in [0.717, 1.165) is 25.7 Å². The number of aryl methyl sites for hydroxylation is 1. The van der Waals surface area contributed by atoms with Crippen molar-refractivity contribution in [1.82, 2.24) is 4.72 Å². The molecule has 28 heavy (non-hydrogen) atoms. The SMILES string of the molecule is COc1ccc(C(=O)Nc2ccc(C)c(F)c2)cc1S(=O)(=O)NC1CCCC1. The lowest BCUT2D eigenvalue weighted by molar-refractivity contribution is 0.102. The molecule has 0 saturated heterocycles. The van der Waals surface area contributed by atoms with E-state index in [1.54, 1.807) is 19.1 Å². The molecule has 1 amide bonds. The zero-order chi connectivity index (χ0) is 20.3. The van der Waals surface area contributed by atoms with Gasteiger partial charge in [0, 0.05) is 17.3 Å². The van der Waals surface area contributed by atoms with Crippen LogP contribution < -0.4 is 14.8 Å². The minimum atomic E-state index is -3.84. The molecule has 0 heterocycles. The third-order valence-corrected chi connectivity index (χ3v) is 6.36. The molecular formula is C20H23FN2O4S. The number of halogens is 1. The lowest BCUT2D eigenvalue weighted by Crippen LogP contribution is -2.33. The van der Waals surface area contributed by atoms with Gasteiger partial charge in [-0.15, -0.1) is 0 Å². The molecule has 8 heteroatoms. The first-order chi connectivity index (χ1) is 13.3. The van der Waals surface area contributed by atoms with Gasteiger partial charge in [0.15, 0.2) is 0 Å². The second-order valence-electron chi connectivity index (χ2n) is 6.89. The van der Waals surface area contributed by atoms with E-state index in [4.69, 9.17) is 4.74 Å². The van der Waals surface area contributed by atoms with Gasteiger partial charge in [-0.2, -0.15) is 0 Å². The molecular weight excluding hydrogens is 383 g/mol. The van der Waals surface area contributed by atoms with Gasteiger partial charge < -0.3 is 10.1 Å². The minimum Gasteiger partial charge on any atom is -0.495 e. The van der Waals surface area contributed by atoms with Gasteiger partial charge >= 0.3 is 0 Å². The van der Waals surface area contributed by atoms with Crippen LogP contribution in [0.15, 0.2) is 41.3 Å². The summed E-state index contributed by atoms with van der Waals surface area (Å²) in [4.78, 5) is 12.5. The van der Waals surface area contributed by atoms with Crippen LogP contribution >= 0.6 is 0 Å². The van der Waals surface area contributed by atoms with Gasteiger partial charge in [-0.25, -0.2) is 17.5 Å². The fourth-order valence-corrected chi connectivity index (χ4v) is 4.73. The maximum atomic E-state index is 13.7. The molecule has 0 aromatic heterocycles. The summed E-state index contributed by atoms with van der Waals surface area (Å²) in [7, 11) is -2.47. The molecule has 6 nitrogen and oxygen atoms in total.